The van der Waals surface area contributed by atoms with Gasteiger partial charge in [-0.1, -0.05) is 11.6 Å². The summed E-state index contributed by atoms with van der Waals surface area (Å²) in [6.45, 7) is -0.0913. The zero-order valence-corrected chi connectivity index (χ0v) is 14.9. The molecule has 0 aliphatic heterocycles. The van der Waals surface area contributed by atoms with Crippen LogP contribution in [0.25, 0.3) is 11.3 Å². The van der Waals surface area contributed by atoms with Crippen LogP contribution in [0.3, 0.4) is 0 Å². The predicted octanol–water partition coefficient (Wildman–Crippen LogP) is 4.37. The molecular weight excluding hydrogens is 358 g/mol. The molecular formula is C19H16ClNO5. The van der Waals surface area contributed by atoms with Crippen LogP contribution in [0, 0.1) is 0 Å². The van der Waals surface area contributed by atoms with Crippen molar-refractivity contribution in [1.82, 2.24) is 4.98 Å². The molecule has 0 spiro atoms. The van der Waals surface area contributed by atoms with Crippen LogP contribution in [0.2, 0.25) is 5.02 Å². The number of oxazole rings is 1. The number of hydrogen-bond acceptors (Lipinski definition) is 6. The van der Waals surface area contributed by atoms with Crippen LogP contribution in [0.15, 0.2) is 53.1 Å². The Hall–Kier alpha value is -2.99. The number of nitrogens with zero attached hydrogens (tertiary/aromatic N) is 1. The summed E-state index contributed by atoms with van der Waals surface area (Å²) in [5, 5.41) is 0.635. The molecule has 7 heteroatoms. The number of ether oxygens (including phenoxy) is 3. The molecule has 3 aromatic rings. The fourth-order valence-electron chi connectivity index (χ4n) is 2.26. The van der Waals surface area contributed by atoms with Crippen LogP contribution in [0.1, 0.15) is 16.2 Å². The van der Waals surface area contributed by atoms with Gasteiger partial charge in [0.2, 0.25) is 5.89 Å². The number of carbonyl (C=O) groups excluding carboxylic acids is 1. The van der Waals surface area contributed by atoms with Gasteiger partial charge in [0.15, 0.2) is 12.4 Å². The molecule has 1 heterocycles. The van der Waals surface area contributed by atoms with E-state index in [0.29, 0.717) is 27.8 Å². The van der Waals surface area contributed by atoms with Crippen LogP contribution in [0.5, 0.6) is 11.5 Å². The smallest absolute Gasteiger partial charge is 0.338 e. The van der Waals surface area contributed by atoms with Gasteiger partial charge in [0.1, 0.15) is 11.5 Å². The first-order valence-corrected chi connectivity index (χ1v) is 8.07. The fraction of sp³-hybridized carbons (Fsp3) is 0.158. The molecule has 0 saturated heterocycles. The number of benzene rings is 2. The van der Waals surface area contributed by atoms with E-state index in [2.05, 4.69) is 4.98 Å². The summed E-state index contributed by atoms with van der Waals surface area (Å²) in [5.41, 5.74) is 1.14. The van der Waals surface area contributed by atoms with E-state index >= 15 is 0 Å². The molecule has 6 nitrogen and oxygen atoms in total. The summed E-state index contributed by atoms with van der Waals surface area (Å²) in [6, 6.07) is 12.0. The van der Waals surface area contributed by atoms with Crippen LogP contribution in [0.4, 0.5) is 0 Å². The lowest BCUT2D eigenvalue weighted by molar-refractivity contribution is 0.0438. The van der Waals surface area contributed by atoms with E-state index in [9.17, 15) is 4.79 Å². The van der Waals surface area contributed by atoms with E-state index < -0.39 is 5.97 Å². The van der Waals surface area contributed by atoms with Crippen molar-refractivity contribution >= 4 is 17.6 Å². The number of rotatable bonds is 6. The SMILES string of the molecule is COc1cc(OC)cc(C(=O)OCc2ncc(-c3ccc(Cl)cc3)o2)c1. The van der Waals surface area contributed by atoms with Gasteiger partial charge in [-0.3, -0.25) is 0 Å². The highest BCUT2D eigenvalue weighted by Crippen LogP contribution is 2.24. The lowest BCUT2D eigenvalue weighted by Gasteiger charge is -2.08. The van der Waals surface area contributed by atoms with Crippen molar-refractivity contribution in [2.75, 3.05) is 14.2 Å². The molecule has 0 saturated carbocycles. The number of hydrogen-bond donors (Lipinski definition) is 0. The van der Waals surface area contributed by atoms with E-state index in [4.69, 9.17) is 30.2 Å². The average molecular weight is 374 g/mol. The minimum absolute atomic E-state index is 0.0913. The van der Waals surface area contributed by atoms with Gasteiger partial charge in [0, 0.05) is 16.7 Å². The van der Waals surface area contributed by atoms with Crippen molar-refractivity contribution in [1.29, 1.82) is 0 Å². The van der Waals surface area contributed by atoms with Crippen LogP contribution in [-0.2, 0) is 11.3 Å². The Bertz CT molecular complexity index is 882. The highest BCUT2D eigenvalue weighted by molar-refractivity contribution is 6.30. The Balaban J connectivity index is 1.67. The Morgan fingerprint density at radius 1 is 1.08 bits per heavy atom. The summed E-state index contributed by atoms with van der Waals surface area (Å²) in [5.74, 6) is 1.32. The second-order valence-electron chi connectivity index (χ2n) is 5.30. The third kappa shape index (κ3) is 4.15. The summed E-state index contributed by atoms with van der Waals surface area (Å²) >= 11 is 5.87. The summed E-state index contributed by atoms with van der Waals surface area (Å²) in [4.78, 5) is 16.4. The third-order valence-corrected chi connectivity index (χ3v) is 3.85. The number of esters is 1. The maximum Gasteiger partial charge on any atom is 0.338 e. The van der Waals surface area contributed by atoms with Crippen molar-refractivity contribution in [3.8, 4) is 22.8 Å². The van der Waals surface area contributed by atoms with E-state index in [0.717, 1.165) is 5.56 Å². The van der Waals surface area contributed by atoms with Gasteiger partial charge < -0.3 is 18.6 Å². The highest BCUT2D eigenvalue weighted by atomic mass is 35.5. The second kappa shape index (κ2) is 7.93. The summed E-state index contributed by atoms with van der Waals surface area (Å²) < 4.78 is 21.1. The molecule has 0 bridgehead atoms. The average Bonchev–Trinajstić information content (AvgIpc) is 3.15. The van der Waals surface area contributed by atoms with E-state index in [-0.39, 0.29) is 12.5 Å². The largest absolute Gasteiger partial charge is 0.497 e. The maximum absolute atomic E-state index is 12.3. The molecule has 26 heavy (non-hydrogen) atoms. The van der Waals surface area contributed by atoms with Crippen LogP contribution < -0.4 is 9.47 Å². The molecule has 0 amide bonds. The highest BCUT2D eigenvalue weighted by Gasteiger charge is 2.14. The monoisotopic (exact) mass is 373 g/mol. The van der Waals surface area contributed by atoms with Gasteiger partial charge in [-0.2, -0.15) is 0 Å². The van der Waals surface area contributed by atoms with Crippen molar-refractivity contribution in [3.63, 3.8) is 0 Å². The zero-order valence-electron chi connectivity index (χ0n) is 14.2. The van der Waals surface area contributed by atoms with Gasteiger partial charge in [-0.25, -0.2) is 9.78 Å². The molecule has 3 rings (SSSR count). The Labute approximate surface area is 155 Å². The zero-order chi connectivity index (χ0) is 18.5. The van der Waals surface area contributed by atoms with Crippen molar-refractivity contribution in [2.24, 2.45) is 0 Å². The van der Waals surface area contributed by atoms with Gasteiger partial charge in [0.25, 0.3) is 0 Å². The first-order chi connectivity index (χ1) is 12.6. The first-order valence-electron chi connectivity index (χ1n) is 7.70. The Kier molecular flexibility index (Phi) is 5.43. The van der Waals surface area contributed by atoms with Crippen molar-refractivity contribution < 1.29 is 23.4 Å². The summed E-state index contributed by atoms with van der Waals surface area (Å²) in [6.07, 6.45) is 1.57. The van der Waals surface area contributed by atoms with Gasteiger partial charge in [0.05, 0.1) is 26.0 Å². The number of aromatic nitrogens is 1. The number of halogens is 1. The molecule has 0 unspecified atom stereocenters. The topological polar surface area (TPSA) is 70.8 Å². The van der Waals surface area contributed by atoms with E-state index in [1.54, 1.807) is 36.5 Å². The van der Waals surface area contributed by atoms with Gasteiger partial charge >= 0.3 is 5.97 Å². The lowest BCUT2D eigenvalue weighted by Crippen LogP contribution is -2.06. The van der Waals surface area contributed by atoms with E-state index in [1.165, 1.54) is 14.2 Å². The van der Waals surface area contributed by atoms with Crippen molar-refractivity contribution in [2.45, 2.75) is 6.61 Å². The van der Waals surface area contributed by atoms with E-state index in [1.807, 2.05) is 12.1 Å². The molecule has 0 aliphatic rings. The van der Waals surface area contributed by atoms with Crippen molar-refractivity contribution in [3.05, 3.63) is 65.1 Å². The molecule has 0 aliphatic carbocycles. The predicted molar refractivity (Wildman–Crippen MR) is 95.6 cm³/mol. The standard InChI is InChI=1S/C19H16ClNO5/c1-23-15-7-13(8-16(9-15)24-2)19(22)25-11-18-21-10-17(26-18)12-3-5-14(20)6-4-12/h3-10H,11H2,1-2H3. The number of carbonyl (C=O) groups is 1. The van der Waals surface area contributed by atoms with Gasteiger partial charge in [-0.05, 0) is 36.4 Å². The fourth-order valence-corrected chi connectivity index (χ4v) is 2.39. The minimum atomic E-state index is -0.534. The molecule has 134 valence electrons. The minimum Gasteiger partial charge on any atom is -0.497 e. The normalized spacial score (nSPS) is 10.4. The molecule has 0 fully saturated rings. The second-order valence-corrected chi connectivity index (χ2v) is 5.74. The Morgan fingerprint density at radius 3 is 2.35 bits per heavy atom. The quantitative estimate of drug-likeness (QED) is 0.597. The molecule has 0 N–H and O–H groups in total. The Morgan fingerprint density at radius 2 is 1.73 bits per heavy atom. The molecule has 0 atom stereocenters. The maximum atomic E-state index is 12.3. The molecule has 2 aromatic carbocycles. The van der Waals surface area contributed by atoms with Crippen LogP contribution >= 0.6 is 11.6 Å². The van der Waals surface area contributed by atoms with Crippen LogP contribution in [-0.4, -0.2) is 25.2 Å². The summed E-state index contributed by atoms with van der Waals surface area (Å²) in [7, 11) is 3.02. The first kappa shape index (κ1) is 17.8. The lowest BCUT2D eigenvalue weighted by atomic mass is 10.2. The molecule has 1 aromatic heterocycles. The number of methoxy groups -OCH3 is 2. The van der Waals surface area contributed by atoms with Gasteiger partial charge in [-0.15, -0.1) is 0 Å². The third-order valence-electron chi connectivity index (χ3n) is 3.60. The molecule has 0 radical (unpaired) electrons.